The first kappa shape index (κ1) is 18.6. The molecule has 0 atom stereocenters. The molecule has 0 aliphatic rings. The maximum absolute atomic E-state index is 13.4. The summed E-state index contributed by atoms with van der Waals surface area (Å²) < 4.78 is 17.5. The molecule has 7 heteroatoms. The van der Waals surface area contributed by atoms with Crippen molar-refractivity contribution in [1.82, 2.24) is 24.1 Å². The van der Waals surface area contributed by atoms with Gasteiger partial charge in [-0.3, -0.25) is 4.57 Å². The van der Waals surface area contributed by atoms with Crippen LogP contribution in [0.15, 0.2) is 90.3 Å². The Kier molecular flexibility index (Phi) is 5.03. The summed E-state index contributed by atoms with van der Waals surface area (Å²) in [5.41, 5.74) is 3.88. The van der Waals surface area contributed by atoms with Crippen molar-refractivity contribution in [3.05, 3.63) is 102 Å². The van der Waals surface area contributed by atoms with E-state index in [0.29, 0.717) is 12.3 Å². The van der Waals surface area contributed by atoms with E-state index in [-0.39, 0.29) is 5.82 Å². The van der Waals surface area contributed by atoms with Crippen LogP contribution in [0.3, 0.4) is 0 Å². The van der Waals surface area contributed by atoms with Gasteiger partial charge in [0.15, 0.2) is 11.0 Å². The molecule has 0 radical (unpaired) electrons. The van der Waals surface area contributed by atoms with Gasteiger partial charge in [0.1, 0.15) is 11.5 Å². The van der Waals surface area contributed by atoms with Gasteiger partial charge in [-0.15, -0.1) is 10.2 Å². The van der Waals surface area contributed by atoms with Crippen molar-refractivity contribution >= 4 is 17.4 Å². The molecule has 30 heavy (non-hydrogen) atoms. The lowest BCUT2D eigenvalue weighted by molar-refractivity contribution is 0.628. The Balaban J connectivity index is 1.46. The molecule has 0 bridgehead atoms. The number of pyridine rings is 1. The molecule has 0 spiro atoms. The maximum atomic E-state index is 13.4. The van der Waals surface area contributed by atoms with Crippen molar-refractivity contribution in [1.29, 1.82) is 0 Å². The normalized spacial score (nSPS) is 11.2. The van der Waals surface area contributed by atoms with Crippen LogP contribution in [-0.2, 0) is 12.3 Å². The van der Waals surface area contributed by atoms with Gasteiger partial charge in [-0.25, -0.2) is 9.37 Å². The Labute approximate surface area is 177 Å². The second-order valence-corrected chi connectivity index (χ2v) is 7.81. The highest BCUT2D eigenvalue weighted by Crippen LogP contribution is 2.27. The molecule has 0 saturated heterocycles. The minimum atomic E-state index is -0.269. The van der Waals surface area contributed by atoms with E-state index in [1.54, 1.807) is 23.9 Å². The van der Waals surface area contributed by atoms with Crippen molar-refractivity contribution in [3.8, 4) is 11.4 Å². The zero-order chi connectivity index (χ0) is 20.3. The molecule has 5 rings (SSSR count). The third kappa shape index (κ3) is 3.84. The van der Waals surface area contributed by atoms with Crippen LogP contribution in [-0.4, -0.2) is 24.1 Å². The second-order valence-electron chi connectivity index (χ2n) is 6.87. The molecular formula is C23H18FN5S. The molecule has 0 aliphatic heterocycles. The van der Waals surface area contributed by atoms with Crippen molar-refractivity contribution in [2.75, 3.05) is 0 Å². The van der Waals surface area contributed by atoms with Crippen LogP contribution in [0.1, 0.15) is 11.3 Å². The number of aromatic nitrogens is 5. The second kappa shape index (κ2) is 8.12. The first-order chi connectivity index (χ1) is 14.8. The van der Waals surface area contributed by atoms with Gasteiger partial charge in [-0.05, 0) is 42.0 Å². The maximum Gasteiger partial charge on any atom is 0.192 e. The Hall–Kier alpha value is -3.45. The predicted molar refractivity (Wildman–Crippen MR) is 116 cm³/mol. The molecule has 0 fully saturated rings. The fraction of sp³-hybridized carbons (Fsp3) is 0.0870. The average Bonchev–Trinajstić information content (AvgIpc) is 3.37. The summed E-state index contributed by atoms with van der Waals surface area (Å²) in [6.45, 7) is 0.633. The van der Waals surface area contributed by atoms with Crippen LogP contribution in [0.25, 0.3) is 17.0 Å². The third-order valence-corrected chi connectivity index (χ3v) is 5.77. The first-order valence-electron chi connectivity index (χ1n) is 9.55. The summed E-state index contributed by atoms with van der Waals surface area (Å²) in [5, 5.41) is 9.64. The molecule has 5 aromatic rings. The standard InChI is InChI=1S/C23H18FN5S/c24-19-11-9-18(10-12-19)22-26-27-23(29(22)14-17-6-2-1-3-7-17)30-16-20-15-28-13-5-4-8-21(28)25-20/h1-13,15H,14,16H2. The molecule has 148 valence electrons. The van der Waals surface area contributed by atoms with Gasteiger partial charge in [-0.1, -0.05) is 48.2 Å². The summed E-state index contributed by atoms with van der Waals surface area (Å²) in [7, 11) is 0. The lowest BCUT2D eigenvalue weighted by atomic mass is 10.2. The number of rotatable bonds is 6. The fourth-order valence-electron chi connectivity index (χ4n) is 3.31. The lowest BCUT2D eigenvalue weighted by Crippen LogP contribution is -2.04. The average molecular weight is 415 g/mol. The number of imidazole rings is 1. The van der Waals surface area contributed by atoms with Crippen LogP contribution in [0.2, 0.25) is 0 Å². The Morgan fingerprint density at radius 3 is 2.47 bits per heavy atom. The van der Waals surface area contributed by atoms with Crippen LogP contribution < -0.4 is 0 Å². The van der Waals surface area contributed by atoms with Gasteiger partial charge >= 0.3 is 0 Å². The van der Waals surface area contributed by atoms with Gasteiger partial charge in [0.2, 0.25) is 0 Å². The number of halogens is 1. The highest BCUT2D eigenvalue weighted by molar-refractivity contribution is 7.98. The number of hydrogen-bond acceptors (Lipinski definition) is 4. The Bertz CT molecular complexity index is 1250. The zero-order valence-electron chi connectivity index (χ0n) is 16.0. The van der Waals surface area contributed by atoms with E-state index in [1.165, 1.54) is 12.1 Å². The summed E-state index contributed by atoms with van der Waals surface area (Å²) in [5.74, 6) is 1.13. The van der Waals surface area contributed by atoms with Crippen molar-refractivity contribution in [3.63, 3.8) is 0 Å². The summed E-state index contributed by atoms with van der Waals surface area (Å²) in [6, 6.07) is 22.5. The van der Waals surface area contributed by atoms with Gasteiger partial charge in [-0.2, -0.15) is 0 Å². The smallest absolute Gasteiger partial charge is 0.192 e. The molecule has 3 heterocycles. The van der Waals surface area contributed by atoms with Gasteiger partial charge in [0.25, 0.3) is 0 Å². The van der Waals surface area contributed by atoms with E-state index in [1.807, 2.05) is 53.2 Å². The Morgan fingerprint density at radius 2 is 1.67 bits per heavy atom. The van der Waals surface area contributed by atoms with Crippen LogP contribution in [0.4, 0.5) is 4.39 Å². The topological polar surface area (TPSA) is 48.0 Å². The Morgan fingerprint density at radius 1 is 0.867 bits per heavy atom. The fourth-order valence-corrected chi connectivity index (χ4v) is 4.13. The van der Waals surface area contributed by atoms with Crippen LogP contribution >= 0.6 is 11.8 Å². The van der Waals surface area contributed by atoms with Crippen LogP contribution in [0.5, 0.6) is 0 Å². The predicted octanol–water partition coefficient (Wildman–Crippen LogP) is 5.07. The zero-order valence-corrected chi connectivity index (χ0v) is 16.8. The summed E-state index contributed by atoms with van der Waals surface area (Å²) in [6.07, 6.45) is 4.02. The highest BCUT2D eigenvalue weighted by Gasteiger charge is 2.16. The molecule has 0 aliphatic carbocycles. The molecule has 0 amide bonds. The SMILES string of the molecule is Fc1ccc(-c2nnc(SCc3cn4ccccc4n3)n2Cc2ccccc2)cc1. The summed E-state index contributed by atoms with van der Waals surface area (Å²) in [4.78, 5) is 4.66. The van der Waals surface area contributed by atoms with E-state index in [4.69, 9.17) is 0 Å². The molecular weight excluding hydrogens is 397 g/mol. The van der Waals surface area contributed by atoms with Gasteiger partial charge < -0.3 is 4.40 Å². The van der Waals surface area contributed by atoms with Crippen LogP contribution in [0, 0.1) is 5.82 Å². The number of nitrogens with zero attached hydrogens (tertiary/aromatic N) is 5. The van der Waals surface area contributed by atoms with E-state index in [9.17, 15) is 4.39 Å². The number of hydrogen-bond donors (Lipinski definition) is 0. The molecule has 3 aromatic heterocycles. The molecule has 0 saturated carbocycles. The number of thioether (sulfide) groups is 1. The van der Waals surface area contributed by atoms with Gasteiger partial charge in [0.05, 0.1) is 12.2 Å². The number of benzene rings is 2. The summed E-state index contributed by atoms with van der Waals surface area (Å²) >= 11 is 1.59. The van der Waals surface area contributed by atoms with Crippen molar-refractivity contribution in [2.24, 2.45) is 0 Å². The van der Waals surface area contributed by atoms with E-state index >= 15 is 0 Å². The minimum Gasteiger partial charge on any atom is -0.307 e. The van der Waals surface area contributed by atoms with E-state index in [2.05, 4.69) is 31.9 Å². The third-order valence-electron chi connectivity index (χ3n) is 4.77. The monoisotopic (exact) mass is 415 g/mol. The minimum absolute atomic E-state index is 0.269. The van der Waals surface area contributed by atoms with E-state index < -0.39 is 0 Å². The lowest BCUT2D eigenvalue weighted by Gasteiger charge is -2.10. The van der Waals surface area contributed by atoms with Crippen molar-refractivity contribution in [2.45, 2.75) is 17.5 Å². The first-order valence-corrected chi connectivity index (χ1v) is 10.5. The largest absolute Gasteiger partial charge is 0.307 e. The molecule has 5 nitrogen and oxygen atoms in total. The van der Waals surface area contributed by atoms with Gasteiger partial charge in [0, 0.05) is 23.7 Å². The molecule has 2 aromatic carbocycles. The highest BCUT2D eigenvalue weighted by atomic mass is 32.2. The van der Waals surface area contributed by atoms with E-state index in [0.717, 1.165) is 33.4 Å². The quantitative estimate of drug-likeness (QED) is 0.363. The van der Waals surface area contributed by atoms with Crippen molar-refractivity contribution < 1.29 is 4.39 Å². The molecule has 0 N–H and O–H groups in total. The molecule has 0 unspecified atom stereocenters. The number of fused-ring (bicyclic) bond motifs is 1.